The zero-order chi connectivity index (χ0) is 12.1. The number of rotatable bonds is 4. The van der Waals surface area contributed by atoms with E-state index in [2.05, 4.69) is 0 Å². The molecule has 0 amide bonds. The van der Waals surface area contributed by atoms with E-state index < -0.39 is 12.1 Å². The lowest BCUT2D eigenvalue weighted by atomic mass is 9.92. The predicted molar refractivity (Wildman–Crippen MR) is 62.2 cm³/mol. The molecule has 0 aromatic heterocycles. The first-order chi connectivity index (χ1) is 7.57. The molecular formula is C13H18O3. The first-order valence-electron chi connectivity index (χ1n) is 5.48. The fraction of sp³-hybridized carbons (Fsp3) is 0.462. The minimum absolute atomic E-state index is 0.250. The van der Waals surface area contributed by atoms with Crippen molar-refractivity contribution >= 4 is 5.97 Å². The number of carbonyl (C=O) groups excluding carboxylic acids is 1. The van der Waals surface area contributed by atoms with Crippen molar-refractivity contribution in [1.82, 2.24) is 0 Å². The second kappa shape index (κ2) is 5.66. The van der Waals surface area contributed by atoms with Crippen LogP contribution in [-0.2, 0) is 9.53 Å². The molecule has 0 aliphatic carbocycles. The van der Waals surface area contributed by atoms with Crippen molar-refractivity contribution in [3.63, 3.8) is 0 Å². The van der Waals surface area contributed by atoms with Gasteiger partial charge in [0.25, 0.3) is 0 Å². The number of hydrogen-bond donors (Lipinski definition) is 1. The van der Waals surface area contributed by atoms with Crippen molar-refractivity contribution in [3.8, 4) is 0 Å². The third-order valence-electron chi connectivity index (χ3n) is 2.68. The van der Waals surface area contributed by atoms with Crippen molar-refractivity contribution < 1.29 is 14.6 Å². The van der Waals surface area contributed by atoms with Crippen molar-refractivity contribution in [3.05, 3.63) is 35.4 Å². The maximum absolute atomic E-state index is 11.4. The highest BCUT2D eigenvalue weighted by atomic mass is 16.5. The van der Waals surface area contributed by atoms with Crippen LogP contribution in [0.1, 0.15) is 30.9 Å². The fourth-order valence-corrected chi connectivity index (χ4v) is 1.70. The molecule has 0 saturated carbocycles. The number of aliphatic hydroxyl groups is 1. The summed E-state index contributed by atoms with van der Waals surface area (Å²) < 4.78 is 4.80. The number of carbonyl (C=O) groups is 1. The van der Waals surface area contributed by atoms with E-state index >= 15 is 0 Å². The number of aliphatic hydroxyl groups excluding tert-OH is 1. The second-order valence-corrected chi connectivity index (χ2v) is 3.84. The third-order valence-corrected chi connectivity index (χ3v) is 2.68. The molecule has 0 aliphatic rings. The molecule has 0 saturated heterocycles. The summed E-state index contributed by atoms with van der Waals surface area (Å²) in [6.45, 7) is 5.80. The van der Waals surface area contributed by atoms with Crippen molar-refractivity contribution in [2.24, 2.45) is 0 Å². The summed E-state index contributed by atoms with van der Waals surface area (Å²) in [5.74, 6) is -0.807. The molecule has 0 bridgehead atoms. The Balaban J connectivity index is 2.82. The minimum Gasteiger partial charge on any atom is -0.464 e. The summed E-state index contributed by atoms with van der Waals surface area (Å²) in [7, 11) is 0. The van der Waals surface area contributed by atoms with Gasteiger partial charge in [-0.3, -0.25) is 0 Å². The van der Waals surface area contributed by atoms with Crippen LogP contribution in [0.3, 0.4) is 0 Å². The Kier molecular flexibility index (Phi) is 4.50. The maximum atomic E-state index is 11.4. The van der Waals surface area contributed by atoms with Crippen LogP contribution in [0, 0.1) is 6.92 Å². The summed E-state index contributed by atoms with van der Waals surface area (Å²) in [5.41, 5.74) is 2.04. The number of ether oxygens (including phenoxy) is 1. The first-order valence-corrected chi connectivity index (χ1v) is 5.48. The van der Waals surface area contributed by atoms with Gasteiger partial charge in [0.1, 0.15) is 0 Å². The van der Waals surface area contributed by atoms with Gasteiger partial charge in [0, 0.05) is 5.92 Å². The molecule has 16 heavy (non-hydrogen) atoms. The van der Waals surface area contributed by atoms with Crippen LogP contribution in [-0.4, -0.2) is 23.8 Å². The summed E-state index contributed by atoms with van der Waals surface area (Å²) >= 11 is 0. The Morgan fingerprint density at radius 2 is 2.06 bits per heavy atom. The molecule has 0 aliphatic heterocycles. The van der Waals surface area contributed by atoms with Crippen molar-refractivity contribution in [2.75, 3.05) is 6.61 Å². The lowest BCUT2D eigenvalue weighted by Gasteiger charge is -2.19. The Labute approximate surface area is 96.1 Å². The summed E-state index contributed by atoms with van der Waals surface area (Å²) in [4.78, 5) is 11.4. The number of esters is 1. The van der Waals surface area contributed by atoms with Gasteiger partial charge in [0.05, 0.1) is 6.61 Å². The molecule has 1 rings (SSSR count). The molecule has 2 unspecified atom stereocenters. The Morgan fingerprint density at radius 3 is 2.62 bits per heavy atom. The lowest BCUT2D eigenvalue weighted by molar-refractivity contribution is -0.154. The van der Waals surface area contributed by atoms with Gasteiger partial charge in [-0.25, -0.2) is 4.79 Å². The monoisotopic (exact) mass is 222 g/mol. The summed E-state index contributed by atoms with van der Waals surface area (Å²) in [6.07, 6.45) is -1.10. The fourth-order valence-electron chi connectivity index (χ4n) is 1.70. The first kappa shape index (κ1) is 12.7. The maximum Gasteiger partial charge on any atom is 0.335 e. The topological polar surface area (TPSA) is 46.5 Å². The van der Waals surface area contributed by atoms with E-state index in [-0.39, 0.29) is 12.5 Å². The van der Waals surface area contributed by atoms with Crippen LogP contribution in [0.4, 0.5) is 0 Å². The largest absolute Gasteiger partial charge is 0.464 e. The molecule has 2 atom stereocenters. The molecule has 88 valence electrons. The highest BCUT2D eigenvalue weighted by Crippen LogP contribution is 2.23. The summed E-state index contributed by atoms with van der Waals surface area (Å²) in [6, 6.07) is 7.71. The van der Waals surface area contributed by atoms with E-state index in [9.17, 15) is 9.90 Å². The normalized spacial score (nSPS) is 14.2. The average Bonchev–Trinajstić information content (AvgIpc) is 2.28. The van der Waals surface area contributed by atoms with Crippen LogP contribution in [0.25, 0.3) is 0 Å². The number of benzene rings is 1. The molecule has 0 spiro atoms. The molecule has 0 fully saturated rings. The number of aryl methyl sites for hydroxylation is 1. The van der Waals surface area contributed by atoms with Gasteiger partial charge in [-0.15, -0.1) is 0 Å². The van der Waals surface area contributed by atoms with Crippen molar-refractivity contribution in [1.29, 1.82) is 0 Å². The highest BCUT2D eigenvalue weighted by molar-refractivity contribution is 5.75. The van der Waals surface area contributed by atoms with E-state index in [1.165, 1.54) is 0 Å². The SMILES string of the molecule is CCOC(=O)C(O)C(C)c1ccccc1C. The molecular weight excluding hydrogens is 204 g/mol. The van der Waals surface area contributed by atoms with Gasteiger partial charge in [0.2, 0.25) is 0 Å². The molecule has 0 heterocycles. The van der Waals surface area contributed by atoms with Crippen LogP contribution in [0.2, 0.25) is 0 Å². The Bertz CT molecular complexity index is 360. The zero-order valence-corrected chi connectivity index (χ0v) is 9.93. The highest BCUT2D eigenvalue weighted by Gasteiger charge is 2.25. The molecule has 1 aromatic carbocycles. The standard InChI is InChI=1S/C13H18O3/c1-4-16-13(15)12(14)10(3)11-8-6-5-7-9(11)2/h5-8,10,12,14H,4H2,1-3H3. The van der Waals surface area contributed by atoms with Crippen LogP contribution >= 0.6 is 0 Å². The van der Waals surface area contributed by atoms with E-state index in [4.69, 9.17) is 4.74 Å². The lowest BCUT2D eigenvalue weighted by Crippen LogP contribution is -2.28. The van der Waals surface area contributed by atoms with Crippen LogP contribution in [0.5, 0.6) is 0 Å². The molecule has 0 radical (unpaired) electrons. The predicted octanol–water partition coefficient (Wildman–Crippen LogP) is 2.02. The smallest absolute Gasteiger partial charge is 0.335 e. The summed E-state index contributed by atoms with van der Waals surface area (Å²) in [5, 5.41) is 9.82. The van der Waals surface area contributed by atoms with E-state index in [0.29, 0.717) is 0 Å². The van der Waals surface area contributed by atoms with Crippen molar-refractivity contribution in [2.45, 2.75) is 32.8 Å². The Morgan fingerprint density at radius 1 is 1.44 bits per heavy atom. The average molecular weight is 222 g/mol. The number of hydrogen-bond acceptors (Lipinski definition) is 3. The second-order valence-electron chi connectivity index (χ2n) is 3.84. The zero-order valence-electron chi connectivity index (χ0n) is 9.93. The van der Waals surface area contributed by atoms with E-state index in [1.807, 2.05) is 38.1 Å². The molecule has 3 nitrogen and oxygen atoms in total. The molecule has 1 N–H and O–H groups in total. The van der Waals surface area contributed by atoms with Gasteiger partial charge in [-0.1, -0.05) is 31.2 Å². The molecule has 3 heteroatoms. The van der Waals surface area contributed by atoms with Crippen LogP contribution in [0.15, 0.2) is 24.3 Å². The van der Waals surface area contributed by atoms with Gasteiger partial charge in [0.15, 0.2) is 6.10 Å². The van der Waals surface area contributed by atoms with Gasteiger partial charge < -0.3 is 9.84 Å². The Hall–Kier alpha value is -1.35. The van der Waals surface area contributed by atoms with Gasteiger partial charge in [-0.2, -0.15) is 0 Å². The van der Waals surface area contributed by atoms with Gasteiger partial charge >= 0.3 is 5.97 Å². The third kappa shape index (κ3) is 2.83. The van der Waals surface area contributed by atoms with Gasteiger partial charge in [-0.05, 0) is 25.0 Å². The van der Waals surface area contributed by atoms with E-state index in [0.717, 1.165) is 11.1 Å². The quantitative estimate of drug-likeness (QED) is 0.793. The van der Waals surface area contributed by atoms with Crippen LogP contribution < -0.4 is 0 Å². The minimum atomic E-state index is -1.10. The molecule has 1 aromatic rings. The van der Waals surface area contributed by atoms with E-state index in [1.54, 1.807) is 6.92 Å².